The fourth-order valence-electron chi connectivity index (χ4n) is 2.07. The molecular formula is C15H23ClN2O2. The summed E-state index contributed by atoms with van der Waals surface area (Å²) in [5.41, 5.74) is 0.864. The monoisotopic (exact) mass is 298 g/mol. The molecule has 0 aliphatic heterocycles. The molecule has 4 nitrogen and oxygen atoms in total. The summed E-state index contributed by atoms with van der Waals surface area (Å²) >= 11 is 6.07. The van der Waals surface area contributed by atoms with E-state index in [4.69, 9.17) is 11.6 Å². The number of nitrogens with one attached hydrogen (secondary N) is 1. The fourth-order valence-corrected chi connectivity index (χ4v) is 2.26. The zero-order valence-corrected chi connectivity index (χ0v) is 12.9. The van der Waals surface area contributed by atoms with Crippen LogP contribution in [0.4, 0.5) is 5.69 Å². The molecule has 20 heavy (non-hydrogen) atoms. The molecule has 1 N–H and O–H groups in total. The van der Waals surface area contributed by atoms with Crippen LogP contribution in [0.5, 0.6) is 0 Å². The van der Waals surface area contributed by atoms with E-state index < -0.39 is 4.92 Å². The number of benzene rings is 1. The molecule has 0 saturated heterocycles. The Bertz CT molecular complexity index is 438. The Balaban J connectivity index is 2.44. The summed E-state index contributed by atoms with van der Waals surface area (Å²) in [7, 11) is 0. The summed E-state index contributed by atoms with van der Waals surface area (Å²) < 4.78 is 0. The van der Waals surface area contributed by atoms with E-state index in [-0.39, 0.29) is 5.69 Å². The van der Waals surface area contributed by atoms with Gasteiger partial charge in [0.2, 0.25) is 0 Å². The second-order valence-electron chi connectivity index (χ2n) is 5.16. The Hall–Kier alpha value is -1.13. The van der Waals surface area contributed by atoms with Crippen molar-refractivity contribution in [3.63, 3.8) is 0 Å². The number of hydrogen-bond donors (Lipinski definition) is 1. The number of nitrogens with zero attached hydrogens (tertiary/aromatic N) is 1. The molecule has 0 amide bonds. The van der Waals surface area contributed by atoms with Gasteiger partial charge in [0, 0.05) is 29.7 Å². The van der Waals surface area contributed by atoms with Gasteiger partial charge in [0.25, 0.3) is 5.69 Å². The highest BCUT2D eigenvalue weighted by molar-refractivity contribution is 6.31. The van der Waals surface area contributed by atoms with Crippen molar-refractivity contribution in [1.82, 2.24) is 5.32 Å². The summed E-state index contributed by atoms with van der Waals surface area (Å²) in [4.78, 5) is 10.4. The van der Waals surface area contributed by atoms with Crippen molar-refractivity contribution in [3.8, 4) is 0 Å². The van der Waals surface area contributed by atoms with Crippen LogP contribution in [0.2, 0.25) is 5.02 Å². The van der Waals surface area contributed by atoms with Crippen LogP contribution in [0.3, 0.4) is 0 Å². The molecular weight excluding hydrogens is 276 g/mol. The molecule has 5 heteroatoms. The van der Waals surface area contributed by atoms with Gasteiger partial charge in [-0.1, -0.05) is 44.2 Å². The minimum Gasteiger partial charge on any atom is -0.310 e. The highest BCUT2D eigenvalue weighted by Gasteiger charge is 2.10. The minimum absolute atomic E-state index is 0.0850. The molecule has 0 aliphatic rings. The van der Waals surface area contributed by atoms with Crippen LogP contribution in [0, 0.1) is 10.1 Å². The van der Waals surface area contributed by atoms with E-state index in [1.54, 1.807) is 12.1 Å². The summed E-state index contributed by atoms with van der Waals surface area (Å²) in [6, 6.07) is 4.95. The van der Waals surface area contributed by atoms with Crippen LogP contribution in [0.25, 0.3) is 0 Å². The maximum Gasteiger partial charge on any atom is 0.269 e. The van der Waals surface area contributed by atoms with Crippen LogP contribution in [-0.2, 0) is 6.54 Å². The zero-order chi connectivity index (χ0) is 15.0. The molecule has 0 heterocycles. The molecule has 0 saturated carbocycles. The first-order valence-electron chi connectivity index (χ1n) is 7.20. The van der Waals surface area contributed by atoms with Gasteiger partial charge in [-0.3, -0.25) is 10.1 Å². The van der Waals surface area contributed by atoms with Crippen molar-refractivity contribution >= 4 is 17.3 Å². The van der Waals surface area contributed by atoms with Gasteiger partial charge in [0.1, 0.15) is 0 Å². The quantitative estimate of drug-likeness (QED) is 0.408. The number of hydrogen-bond acceptors (Lipinski definition) is 3. The molecule has 1 aromatic rings. The summed E-state index contributed by atoms with van der Waals surface area (Å²) in [5, 5.41) is 14.7. The van der Waals surface area contributed by atoms with Crippen molar-refractivity contribution in [3.05, 3.63) is 38.9 Å². The predicted molar refractivity (Wildman–Crippen MR) is 83.2 cm³/mol. The molecule has 0 radical (unpaired) electrons. The minimum atomic E-state index is -0.395. The first-order chi connectivity index (χ1) is 9.54. The average molecular weight is 299 g/mol. The van der Waals surface area contributed by atoms with Gasteiger partial charge in [-0.05, 0) is 25.0 Å². The lowest BCUT2D eigenvalue weighted by Gasteiger charge is -2.14. The van der Waals surface area contributed by atoms with Crippen LogP contribution >= 0.6 is 11.6 Å². The van der Waals surface area contributed by atoms with Gasteiger partial charge in [-0.25, -0.2) is 0 Å². The van der Waals surface area contributed by atoms with Gasteiger partial charge in [-0.2, -0.15) is 0 Å². The highest BCUT2D eigenvalue weighted by Crippen LogP contribution is 2.22. The van der Waals surface area contributed by atoms with Crippen molar-refractivity contribution in [2.24, 2.45) is 0 Å². The Morgan fingerprint density at radius 1 is 1.35 bits per heavy atom. The number of rotatable bonds is 9. The SMILES string of the molecule is CCCCCCC(C)NCc1cc([N+](=O)[O-])ccc1Cl. The number of halogens is 1. The molecule has 1 aromatic carbocycles. The second-order valence-corrected chi connectivity index (χ2v) is 5.57. The van der Waals surface area contributed by atoms with Crippen molar-refractivity contribution < 1.29 is 4.92 Å². The molecule has 1 atom stereocenters. The Morgan fingerprint density at radius 2 is 2.10 bits per heavy atom. The normalized spacial score (nSPS) is 12.3. The van der Waals surface area contributed by atoms with Gasteiger partial charge in [0.05, 0.1) is 4.92 Å². The third-order valence-electron chi connectivity index (χ3n) is 3.37. The van der Waals surface area contributed by atoms with Crippen LogP contribution in [0.1, 0.15) is 51.5 Å². The molecule has 1 unspecified atom stereocenters. The van der Waals surface area contributed by atoms with E-state index in [1.165, 1.54) is 31.7 Å². The van der Waals surface area contributed by atoms with E-state index in [1.807, 2.05) is 0 Å². The predicted octanol–water partition coefficient (Wildman–Crippen LogP) is 4.70. The van der Waals surface area contributed by atoms with Crippen LogP contribution < -0.4 is 5.32 Å². The van der Waals surface area contributed by atoms with E-state index in [9.17, 15) is 10.1 Å². The molecule has 0 aromatic heterocycles. The second kappa shape index (κ2) is 8.93. The van der Waals surface area contributed by atoms with Crippen LogP contribution in [0.15, 0.2) is 18.2 Å². The Kier molecular flexibility index (Phi) is 7.55. The van der Waals surface area contributed by atoms with Gasteiger partial charge < -0.3 is 5.32 Å². The van der Waals surface area contributed by atoms with E-state index in [0.29, 0.717) is 17.6 Å². The lowest BCUT2D eigenvalue weighted by atomic mass is 10.1. The number of nitro groups is 1. The Morgan fingerprint density at radius 3 is 2.75 bits per heavy atom. The molecule has 0 fully saturated rings. The lowest BCUT2D eigenvalue weighted by molar-refractivity contribution is -0.384. The topological polar surface area (TPSA) is 55.2 Å². The third-order valence-corrected chi connectivity index (χ3v) is 3.74. The van der Waals surface area contributed by atoms with E-state index >= 15 is 0 Å². The highest BCUT2D eigenvalue weighted by atomic mass is 35.5. The Labute approximate surface area is 125 Å². The molecule has 0 spiro atoms. The van der Waals surface area contributed by atoms with Crippen molar-refractivity contribution in [2.45, 2.75) is 58.5 Å². The zero-order valence-electron chi connectivity index (χ0n) is 12.2. The summed E-state index contributed by atoms with van der Waals surface area (Å²) in [6.45, 7) is 4.90. The molecule has 1 rings (SSSR count). The maximum absolute atomic E-state index is 10.7. The molecule has 0 bridgehead atoms. The van der Waals surface area contributed by atoms with Crippen molar-refractivity contribution in [2.75, 3.05) is 0 Å². The van der Waals surface area contributed by atoms with Gasteiger partial charge >= 0.3 is 0 Å². The first kappa shape index (κ1) is 16.9. The van der Waals surface area contributed by atoms with Gasteiger partial charge in [0.15, 0.2) is 0 Å². The first-order valence-corrected chi connectivity index (χ1v) is 7.58. The summed E-state index contributed by atoms with van der Waals surface area (Å²) in [6.07, 6.45) is 6.12. The fraction of sp³-hybridized carbons (Fsp3) is 0.600. The van der Waals surface area contributed by atoms with E-state index in [0.717, 1.165) is 12.0 Å². The molecule has 112 valence electrons. The standard InChI is InChI=1S/C15H23ClN2O2/c1-3-4-5-6-7-12(2)17-11-13-10-14(18(19)20)8-9-15(13)16/h8-10,12,17H,3-7,11H2,1-2H3. The lowest BCUT2D eigenvalue weighted by Crippen LogP contribution is -2.25. The van der Waals surface area contributed by atoms with Gasteiger partial charge in [-0.15, -0.1) is 0 Å². The summed E-state index contributed by atoms with van der Waals surface area (Å²) in [5.74, 6) is 0. The molecule has 0 aliphatic carbocycles. The number of unbranched alkanes of at least 4 members (excludes halogenated alkanes) is 3. The van der Waals surface area contributed by atoms with Crippen LogP contribution in [-0.4, -0.2) is 11.0 Å². The smallest absolute Gasteiger partial charge is 0.269 e. The largest absolute Gasteiger partial charge is 0.310 e. The number of non-ortho nitro benzene ring substituents is 1. The third kappa shape index (κ3) is 5.88. The number of nitro benzene ring substituents is 1. The van der Waals surface area contributed by atoms with Crippen molar-refractivity contribution in [1.29, 1.82) is 0 Å². The average Bonchev–Trinajstić information content (AvgIpc) is 2.42. The van der Waals surface area contributed by atoms with E-state index in [2.05, 4.69) is 19.2 Å². The maximum atomic E-state index is 10.7.